The fourth-order valence-electron chi connectivity index (χ4n) is 12.6. The standard InChI is InChI=1S/C62H76FN9O7S/c1-7-78-62-56(32-50-51(63)35-66-60(50)67-62)79-55-31-44(19-21-48(55)61(73)68-80(75,76)57-33-52(69(5)74)59(58-49(57)22-25-64-58)65-34-40-14-12-39(4)13-15-40)71-26-23-43(24-27-71)72-29-28-70(37-53(72)47-11-9-8-10-45(47)38(2)3)36-41-16-20-46(42-17-18-42)54(30-41)77-6/h8-11,16,19-22,25,30-33,35,38-40,42-43,53,64-65,69H,7,12-15,17-18,23-24,26-29,34,36-37H2,1-6H3,(H,66,67)(H,68,73)/t39?,40?,53-/m0/s1. The zero-order valence-corrected chi connectivity index (χ0v) is 47.7. The molecule has 0 spiro atoms. The largest absolute Gasteiger partial charge is 0.629 e. The number of piperazine rings is 1. The summed E-state index contributed by atoms with van der Waals surface area (Å²) in [6.07, 6.45) is 11.5. The summed E-state index contributed by atoms with van der Waals surface area (Å²) in [5.41, 5.74) is 7.43. The van der Waals surface area contributed by atoms with Crippen molar-refractivity contribution in [2.24, 2.45) is 11.8 Å². The first kappa shape index (κ1) is 55.2. The molecule has 5 heterocycles. The Kier molecular flexibility index (Phi) is 16.2. The number of nitrogens with zero attached hydrogens (tertiary/aromatic N) is 4. The van der Waals surface area contributed by atoms with Crippen LogP contribution in [0.3, 0.4) is 0 Å². The van der Waals surface area contributed by atoms with Crippen LogP contribution in [0.5, 0.6) is 23.1 Å². The van der Waals surface area contributed by atoms with Crippen LogP contribution in [0.15, 0.2) is 96.2 Å². The fourth-order valence-corrected chi connectivity index (χ4v) is 13.8. The molecule has 4 fully saturated rings. The third kappa shape index (κ3) is 11.6. The molecule has 424 valence electrons. The van der Waals surface area contributed by atoms with Gasteiger partial charge in [0, 0.05) is 99.6 Å². The van der Waals surface area contributed by atoms with Gasteiger partial charge in [-0.25, -0.2) is 17.5 Å². The van der Waals surface area contributed by atoms with Gasteiger partial charge in [-0.1, -0.05) is 70.0 Å². The van der Waals surface area contributed by atoms with Crippen molar-refractivity contribution in [2.75, 3.05) is 70.2 Å². The van der Waals surface area contributed by atoms with Crippen molar-refractivity contribution in [3.63, 3.8) is 0 Å². The molecule has 80 heavy (non-hydrogen) atoms. The Bertz CT molecular complexity index is 3470. The molecular formula is C62H76FN9O7S. The summed E-state index contributed by atoms with van der Waals surface area (Å²) >= 11 is 0. The van der Waals surface area contributed by atoms with Crippen LogP contribution in [0.4, 0.5) is 21.5 Å². The van der Waals surface area contributed by atoms with Crippen molar-refractivity contribution in [2.45, 2.75) is 114 Å². The lowest BCUT2D eigenvalue weighted by Crippen LogP contribution is -2.98. The first-order chi connectivity index (χ1) is 38.7. The van der Waals surface area contributed by atoms with Gasteiger partial charge in [0.1, 0.15) is 33.5 Å². The molecule has 18 heteroatoms. The van der Waals surface area contributed by atoms with Crippen LogP contribution in [0, 0.1) is 22.9 Å². The molecule has 4 aromatic carbocycles. The summed E-state index contributed by atoms with van der Waals surface area (Å²) in [6.45, 7) is 14.5. The first-order valence-electron chi connectivity index (χ1n) is 28.7. The number of carbonyl (C=O) groups is 1. The highest BCUT2D eigenvalue weighted by Crippen LogP contribution is 2.45. The van der Waals surface area contributed by atoms with E-state index >= 15 is 4.39 Å². The predicted octanol–water partition coefficient (Wildman–Crippen LogP) is 10.9. The molecule has 16 nitrogen and oxygen atoms in total. The number of methoxy groups -OCH3 is 1. The molecule has 1 amide bonds. The summed E-state index contributed by atoms with van der Waals surface area (Å²) < 4.78 is 65.0. The maximum atomic E-state index is 15.1. The summed E-state index contributed by atoms with van der Waals surface area (Å²) in [6, 6.07) is 25.7. The lowest BCUT2D eigenvalue weighted by molar-refractivity contribution is -0.750. The molecule has 0 radical (unpaired) electrons. The van der Waals surface area contributed by atoms with Crippen LogP contribution < -0.4 is 34.2 Å². The number of rotatable bonds is 19. The number of benzene rings is 4. The Hall–Kier alpha value is -6.70. The number of halogens is 1. The molecule has 2 aliphatic carbocycles. The number of aromatic amines is 2. The van der Waals surface area contributed by atoms with E-state index in [1.54, 1.807) is 38.4 Å². The maximum absolute atomic E-state index is 15.1. The molecule has 2 saturated heterocycles. The molecule has 7 aromatic rings. The Balaban J connectivity index is 0.863. The number of quaternary nitrogens is 1. The maximum Gasteiger partial charge on any atom is 0.268 e. The van der Waals surface area contributed by atoms with Crippen LogP contribution in [-0.2, 0) is 16.6 Å². The average Bonchev–Trinajstić information content (AvgIpc) is 4.25. The summed E-state index contributed by atoms with van der Waals surface area (Å²) in [5.74, 6) is 1.68. The van der Waals surface area contributed by atoms with E-state index in [4.69, 9.17) is 14.2 Å². The van der Waals surface area contributed by atoms with Crippen LogP contribution in [-0.4, -0.2) is 105 Å². The van der Waals surface area contributed by atoms with E-state index in [-0.39, 0.29) is 62.3 Å². The lowest BCUT2D eigenvalue weighted by Gasteiger charge is -2.48. The number of ether oxygens (including phenoxy) is 3. The van der Waals surface area contributed by atoms with Gasteiger partial charge in [-0.2, -0.15) is 4.98 Å². The Morgan fingerprint density at radius 3 is 2.41 bits per heavy atom. The van der Waals surface area contributed by atoms with Crippen LogP contribution in [0.2, 0.25) is 0 Å². The number of aromatic nitrogens is 3. The molecule has 5 N–H and O–H groups in total. The van der Waals surface area contributed by atoms with Crippen LogP contribution in [0.1, 0.15) is 130 Å². The predicted molar refractivity (Wildman–Crippen MR) is 312 cm³/mol. The summed E-state index contributed by atoms with van der Waals surface area (Å²) in [7, 11) is -1.44. The highest BCUT2D eigenvalue weighted by molar-refractivity contribution is 7.90. The van der Waals surface area contributed by atoms with E-state index in [2.05, 4.69) is 103 Å². The minimum absolute atomic E-state index is 0.0181. The number of hydrogen-bond acceptors (Lipinski definition) is 12. The molecule has 1 unspecified atom stereocenters. The number of amides is 1. The van der Waals surface area contributed by atoms with Crippen molar-refractivity contribution >= 4 is 54.9 Å². The number of hydrogen-bond donors (Lipinski definition) is 5. The summed E-state index contributed by atoms with van der Waals surface area (Å²) in [5, 5.41) is 16.9. The van der Waals surface area contributed by atoms with Crippen molar-refractivity contribution in [3.05, 3.63) is 130 Å². The zero-order valence-electron chi connectivity index (χ0n) is 46.9. The molecule has 2 atom stereocenters. The number of hydroxylamine groups is 1. The quantitative estimate of drug-likeness (QED) is 0.0484. The van der Waals surface area contributed by atoms with Crippen LogP contribution >= 0.6 is 0 Å². The number of H-pyrrole nitrogens is 2. The molecule has 3 aromatic heterocycles. The molecule has 2 aliphatic heterocycles. The first-order valence-corrected chi connectivity index (χ1v) is 30.2. The van der Waals surface area contributed by atoms with E-state index in [1.807, 2.05) is 6.07 Å². The van der Waals surface area contributed by atoms with Gasteiger partial charge in [-0.15, -0.1) is 0 Å². The second kappa shape index (κ2) is 23.4. The molecule has 0 bridgehead atoms. The molecule has 11 rings (SSSR count). The SMILES string of the molecule is CCOc1nc2[nH]cc(F)c2cc1Oc1cc(N2CCC(N3CCN(Cc4ccc(C5CC5)c(OC)c4)C[C@H]3c3ccccc3C(C)C)CC2)ccc1C(=O)NS(=O)(=O)c1cc([NH+](C)[O-])c(NCC2CCC(C)CC2)c2[nH]ccc12. The molecule has 4 aliphatic rings. The minimum atomic E-state index is -4.63. The normalized spacial score (nSPS) is 20.1. The van der Waals surface area contributed by atoms with Gasteiger partial charge in [0.05, 0.1) is 37.2 Å². The van der Waals surface area contributed by atoms with Gasteiger partial charge >= 0.3 is 0 Å². The van der Waals surface area contributed by atoms with E-state index in [1.165, 1.54) is 60.5 Å². The monoisotopic (exact) mass is 1110 g/mol. The van der Waals surface area contributed by atoms with Crippen molar-refractivity contribution < 1.29 is 36.9 Å². The van der Waals surface area contributed by atoms with E-state index in [0.29, 0.717) is 65.9 Å². The van der Waals surface area contributed by atoms with E-state index in [0.717, 1.165) is 76.1 Å². The Labute approximate surface area is 469 Å². The van der Waals surface area contributed by atoms with Gasteiger partial charge in [0.2, 0.25) is 0 Å². The molecule has 2 saturated carbocycles. The average molecular weight is 1110 g/mol. The number of carbonyl (C=O) groups excluding carboxylic acids is 1. The van der Waals surface area contributed by atoms with Crippen molar-refractivity contribution in [3.8, 4) is 23.1 Å². The van der Waals surface area contributed by atoms with Gasteiger partial charge < -0.3 is 44.7 Å². The Morgan fingerprint density at radius 1 is 0.887 bits per heavy atom. The number of piperidine rings is 1. The number of pyridine rings is 1. The van der Waals surface area contributed by atoms with Crippen LogP contribution in [0.25, 0.3) is 21.9 Å². The van der Waals surface area contributed by atoms with Gasteiger partial charge in [-0.3, -0.25) is 14.6 Å². The smallest absolute Gasteiger partial charge is 0.268 e. The number of fused-ring (bicyclic) bond motifs is 2. The third-order valence-electron chi connectivity index (χ3n) is 17.2. The van der Waals surface area contributed by atoms with Crippen molar-refractivity contribution in [1.82, 2.24) is 29.5 Å². The summed E-state index contributed by atoms with van der Waals surface area (Å²) in [4.78, 5) is 32.5. The fraction of sp³-hybridized carbons (Fsp3) is 0.452. The highest BCUT2D eigenvalue weighted by atomic mass is 32.2. The highest BCUT2D eigenvalue weighted by Gasteiger charge is 2.37. The van der Waals surface area contributed by atoms with Gasteiger partial charge in [0.25, 0.3) is 21.8 Å². The second-order valence-corrected chi connectivity index (χ2v) is 24.6. The topological polar surface area (TPSA) is 185 Å². The van der Waals surface area contributed by atoms with E-state index in [9.17, 15) is 18.4 Å². The van der Waals surface area contributed by atoms with Gasteiger partial charge in [-0.05, 0) is 116 Å². The third-order valence-corrected chi connectivity index (χ3v) is 18.5. The zero-order chi connectivity index (χ0) is 55.8. The number of sulfonamides is 1. The van der Waals surface area contributed by atoms with E-state index < -0.39 is 21.7 Å². The lowest BCUT2D eigenvalue weighted by atomic mass is 9.83. The number of anilines is 2. The number of nitrogens with one attached hydrogen (secondary N) is 5. The minimum Gasteiger partial charge on any atom is -0.629 e. The Morgan fingerprint density at radius 2 is 1.68 bits per heavy atom. The van der Waals surface area contributed by atoms with Crippen molar-refractivity contribution in [1.29, 1.82) is 0 Å². The second-order valence-electron chi connectivity index (χ2n) is 22.9. The van der Waals surface area contributed by atoms with Gasteiger partial charge in [0.15, 0.2) is 11.4 Å². The molecular weight excluding hydrogens is 1030 g/mol.